The molecule has 0 aromatic heterocycles. The van der Waals surface area contributed by atoms with Crippen LogP contribution in [0.2, 0.25) is 0 Å². The molecule has 0 aliphatic rings. The van der Waals surface area contributed by atoms with Gasteiger partial charge in [0.1, 0.15) is 5.56 Å². The smallest absolute Gasteiger partial charge is 0.395 e. The second-order valence-corrected chi connectivity index (χ2v) is 3.14. The SMILES string of the molecule is O=[N+]([O-])c1ccc(NCCO)cc1C(F)(F)F. The fraction of sp³-hybridized carbons (Fsp3) is 0.333. The van der Waals surface area contributed by atoms with Crippen LogP contribution in [0.4, 0.5) is 24.5 Å². The number of nitrogens with zero attached hydrogens (tertiary/aromatic N) is 1. The predicted octanol–water partition coefficient (Wildman–Crippen LogP) is 2.02. The summed E-state index contributed by atoms with van der Waals surface area (Å²) >= 11 is 0. The van der Waals surface area contributed by atoms with Crippen LogP contribution >= 0.6 is 0 Å². The van der Waals surface area contributed by atoms with Gasteiger partial charge >= 0.3 is 6.18 Å². The summed E-state index contributed by atoms with van der Waals surface area (Å²) in [5, 5.41) is 21.4. The first-order chi connectivity index (χ1) is 7.86. The van der Waals surface area contributed by atoms with Crippen molar-refractivity contribution in [3.63, 3.8) is 0 Å². The van der Waals surface area contributed by atoms with Gasteiger partial charge in [0.25, 0.3) is 5.69 Å². The summed E-state index contributed by atoms with van der Waals surface area (Å²) in [6.07, 6.45) is -4.79. The monoisotopic (exact) mass is 250 g/mol. The Balaban J connectivity index is 3.15. The number of benzene rings is 1. The van der Waals surface area contributed by atoms with Crippen LogP contribution < -0.4 is 5.32 Å². The molecule has 0 aliphatic carbocycles. The molecule has 0 unspecified atom stereocenters. The molecule has 0 spiro atoms. The third-order valence-electron chi connectivity index (χ3n) is 1.94. The van der Waals surface area contributed by atoms with Crippen LogP contribution in [-0.4, -0.2) is 23.2 Å². The highest BCUT2D eigenvalue weighted by Crippen LogP contribution is 2.37. The minimum Gasteiger partial charge on any atom is -0.395 e. The minimum absolute atomic E-state index is 0.0646. The van der Waals surface area contributed by atoms with E-state index in [0.29, 0.717) is 6.07 Å². The molecule has 0 heterocycles. The Bertz CT molecular complexity index is 420. The first-order valence-electron chi connectivity index (χ1n) is 4.56. The van der Waals surface area contributed by atoms with E-state index >= 15 is 0 Å². The number of hydrogen-bond acceptors (Lipinski definition) is 4. The summed E-state index contributed by atoms with van der Waals surface area (Å²) in [6.45, 7) is -0.187. The fourth-order valence-electron chi connectivity index (χ4n) is 1.23. The summed E-state index contributed by atoms with van der Waals surface area (Å²) in [4.78, 5) is 9.35. The number of rotatable bonds is 4. The zero-order valence-electron chi connectivity index (χ0n) is 8.49. The summed E-state index contributed by atoms with van der Waals surface area (Å²) in [7, 11) is 0. The maximum Gasteiger partial charge on any atom is 0.423 e. The number of nitro groups is 1. The van der Waals surface area contributed by atoms with Gasteiger partial charge in [-0.2, -0.15) is 13.2 Å². The van der Waals surface area contributed by atoms with Crippen molar-refractivity contribution in [1.82, 2.24) is 0 Å². The maximum absolute atomic E-state index is 12.5. The topological polar surface area (TPSA) is 75.4 Å². The van der Waals surface area contributed by atoms with Gasteiger partial charge in [-0.15, -0.1) is 0 Å². The molecular formula is C9H9F3N2O3. The second-order valence-electron chi connectivity index (χ2n) is 3.14. The summed E-state index contributed by atoms with van der Waals surface area (Å²) in [5.41, 5.74) is -2.24. The molecule has 17 heavy (non-hydrogen) atoms. The molecule has 0 fully saturated rings. The van der Waals surface area contributed by atoms with Crippen molar-refractivity contribution >= 4 is 11.4 Å². The highest BCUT2D eigenvalue weighted by Gasteiger charge is 2.38. The highest BCUT2D eigenvalue weighted by molar-refractivity contribution is 5.55. The van der Waals surface area contributed by atoms with E-state index in [1.54, 1.807) is 0 Å². The Kier molecular flexibility index (Phi) is 3.89. The van der Waals surface area contributed by atoms with Crippen molar-refractivity contribution in [3.8, 4) is 0 Å². The van der Waals surface area contributed by atoms with Crippen LogP contribution in [0.15, 0.2) is 18.2 Å². The van der Waals surface area contributed by atoms with E-state index in [1.807, 2.05) is 0 Å². The minimum atomic E-state index is -4.79. The standard InChI is InChI=1S/C9H9F3N2O3/c10-9(11,12)7-5-6(13-3-4-15)1-2-8(7)14(16)17/h1-2,5,13,15H,3-4H2. The quantitative estimate of drug-likeness (QED) is 0.633. The Hall–Kier alpha value is -1.83. The molecule has 0 amide bonds. The van der Waals surface area contributed by atoms with Crippen molar-refractivity contribution in [3.05, 3.63) is 33.9 Å². The molecule has 0 atom stereocenters. The van der Waals surface area contributed by atoms with E-state index in [0.717, 1.165) is 12.1 Å². The van der Waals surface area contributed by atoms with Crippen molar-refractivity contribution in [2.24, 2.45) is 0 Å². The number of halogens is 3. The normalized spacial score (nSPS) is 11.3. The predicted molar refractivity (Wildman–Crippen MR) is 53.7 cm³/mol. The lowest BCUT2D eigenvalue weighted by atomic mass is 10.1. The van der Waals surface area contributed by atoms with E-state index in [9.17, 15) is 23.3 Å². The average Bonchev–Trinajstić information content (AvgIpc) is 2.24. The molecule has 1 aromatic rings. The van der Waals surface area contributed by atoms with Gasteiger partial charge in [-0.3, -0.25) is 10.1 Å². The molecule has 1 rings (SSSR count). The third kappa shape index (κ3) is 3.31. The van der Waals surface area contributed by atoms with Gasteiger partial charge in [-0.25, -0.2) is 0 Å². The van der Waals surface area contributed by atoms with Gasteiger partial charge < -0.3 is 10.4 Å². The highest BCUT2D eigenvalue weighted by atomic mass is 19.4. The molecule has 0 aliphatic heterocycles. The van der Waals surface area contributed by atoms with E-state index < -0.39 is 22.4 Å². The van der Waals surface area contributed by atoms with Gasteiger partial charge in [-0.05, 0) is 12.1 Å². The van der Waals surface area contributed by atoms with Gasteiger partial charge in [-0.1, -0.05) is 0 Å². The van der Waals surface area contributed by atoms with E-state index in [4.69, 9.17) is 5.11 Å². The van der Waals surface area contributed by atoms with Crippen LogP contribution in [0.25, 0.3) is 0 Å². The van der Waals surface area contributed by atoms with Crippen LogP contribution in [-0.2, 0) is 6.18 Å². The van der Waals surface area contributed by atoms with E-state index in [2.05, 4.69) is 5.32 Å². The number of aliphatic hydroxyl groups is 1. The lowest BCUT2D eigenvalue weighted by molar-refractivity contribution is -0.388. The molecule has 94 valence electrons. The number of nitrogens with one attached hydrogen (secondary N) is 1. The van der Waals surface area contributed by atoms with Crippen molar-refractivity contribution in [1.29, 1.82) is 0 Å². The molecule has 5 nitrogen and oxygen atoms in total. The van der Waals surface area contributed by atoms with E-state index in [1.165, 1.54) is 0 Å². The van der Waals surface area contributed by atoms with Gasteiger partial charge in [0.15, 0.2) is 0 Å². The van der Waals surface area contributed by atoms with Crippen molar-refractivity contribution < 1.29 is 23.2 Å². The van der Waals surface area contributed by atoms with Gasteiger partial charge in [0, 0.05) is 18.3 Å². The lowest BCUT2D eigenvalue weighted by Crippen LogP contribution is -2.11. The molecule has 0 bridgehead atoms. The van der Waals surface area contributed by atoms with Gasteiger partial charge in [0.05, 0.1) is 11.5 Å². The second kappa shape index (κ2) is 5.00. The lowest BCUT2D eigenvalue weighted by Gasteiger charge is -2.10. The molecular weight excluding hydrogens is 241 g/mol. The number of nitro benzene ring substituents is 1. The Morgan fingerprint density at radius 1 is 1.41 bits per heavy atom. The number of alkyl halides is 3. The Labute approximate surface area is 94.0 Å². The fourth-order valence-corrected chi connectivity index (χ4v) is 1.23. The van der Waals surface area contributed by atoms with Gasteiger partial charge in [0.2, 0.25) is 0 Å². The summed E-state index contributed by atoms with van der Waals surface area (Å²) in [6, 6.07) is 2.58. The summed E-state index contributed by atoms with van der Waals surface area (Å²) in [5.74, 6) is 0. The van der Waals surface area contributed by atoms with Crippen LogP contribution in [0.5, 0.6) is 0 Å². The Morgan fingerprint density at radius 3 is 2.53 bits per heavy atom. The largest absolute Gasteiger partial charge is 0.423 e. The van der Waals surface area contributed by atoms with Crippen molar-refractivity contribution in [2.45, 2.75) is 6.18 Å². The molecule has 0 radical (unpaired) electrons. The molecule has 0 saturated heterocycles. The zero-order valence-corrected chi connectivity index (χ0v) is 8.49. The van der Waals surface area contributed by atoms with Crippen molar-refractivity contribution in [2.75, 3.05) is 18.5 Å². The van der Waals surface area contributed by atoms with Crippen LogP contribution in [0.1, 0.15) is 5.56 Å². The first kappa shape index (κ1) is 13.2. The zero-order chi connectivity index (χ0) is 13.1. The average molecular weight is 250 g/mol. The van der Waals surface area contributed by atoms with Crippen LogP contribution in [0, 0.1) is 10.1 Å². The first-order valence-corrected chi connectivity index (χ1v) is 4.56. The molecule has 0 saturated carbocycles. The third-order valence-corrected chi connectivity index (χ3v) is 1.94. The molecule has 2 N–H and O–H groups in total. The molecule has 1 aromatic carbocycles. The summed E-state index contributed by atoms with van der Waals surface area (Å²) < 4.78 is 37.6. The Morgan fingerprint density at radius 2 is 2.06 bits per heavy atom. The van der Waals surface area contributed by atoms with E-state index in [-0.39, 0.29) is 18.8 Å². The number of aliphatic hydroxyl groups excluding tert-OH is 1. The number of anilines is 1. The molecule has 8 heteroatoms. The number of hydrogen-bond donors (Lipinski definition) is 2. The maximum atomic E-state index is 12.5. The van der Waals surface area contributed by atoms with Crippen LogP contribution in [0.3, 0.4) is 0 Å².